The molecule has 0 radical (unpaired) electrons. The Balaban J connectivity index is 2.75. The van der Waals surface area contributed by atoms with Gasteiger partial charge in [0.2, 0.25) is 0 Å². The molecule has 0 saturated carbocycles. The number of nitriles is 1. The number of rotatable bonds is 0. The topological polar surface area (TPSA) is 40.9 Å². The minimum Gasteiger partial charge on any atom is -0.289 e. The lowest BCUT2D eigenvalue weighted by atomic mass is 10.0. The molecule has 1 aliphatic rings. The molecule has 0 N–H and O–H groups in total. The second-order valence-electron chi connectivity index (χ2n) is 2.58. The fraction of sp³-hybridized carbons (Fsp3) is 0. The number of hydrogen-bond donors (Lipinski definition) is 0. The standard InChI is InChI=1S/C10H5NO/c11-6-7-2-1-3-9-8(7)4-5-10(9)12/h1-5H. The van der Waals surface area contributed by atoms with Crippen molar-refractivity contribution in [3.8, 4) is 6.07 Å². The summed E-state index contributed by atoms with van der Waals surface area (Å²) in [5, 5.41) is 8.69. The average Bonchev–Trinajstić information content (AvgIpc) is 2.48. The molecule has 0 saturated heterocycles. The van der Waals surface area contributed by atoms with E-state index < -0.39 is 0 Å². The van der Waals surface area contributed by atoms with E-state index in [1.54, 1.807) is 24.3 Å². The molecular formula is C10H5NO. The highest BCUT2D eigenvalue weighted by molar-refractivity contribution is 6.14. The Morgan fingerprint density at radius 1 is 1.25 bits per heavy atom. The zero-order chi connectivity index (χ0) is 8.55. The quantitative estimate of drug-likeness (QED) is 0.572. The molecule has 0 atom stereocenters. The minimum atomic E-state index is -0.0119. The molecule has 2 heteroatoms. The Labute approximate surface area is 69.7 Å². The van der Waals surface area contributed by atoms with Crippen LogP contribution < -0.4 is 0 Å². The lowest BCUT2D eigenvalue weighted by Crippen LogP contribution is -1.92. The SMILES string of the molecule is N#Cc1cccc2c1C=CC2=O. The van der Waals surface area contributed by atoms with E-state index in [2.05, 4.69) is 0 Å². The number of allylic oxidation sites excluding steroid dienone is 1. The highest BCUT2D eigenvalue weighted by Crippen LogP contribution is 2.22. The molecular weight excluding hydrogens is 150 g/mol. The van der Waals surface area contributed by atoms with Gasteiger partial charge in [-0.1, -0.05) is 12.1 Å². The summed E-state index contributed by atoms with van der Waals surface area (Å²) in [6.07, 6.45) is 3.18. The van der Waals surface area contributed by atoms with E-state index in [1.165, 1.54) is 6.08 Å². The molecule has 1 aliphatic carbocycles. The molecule has 2 rings (SSSR count). The smallest absolute Gasteiger partial charge is 0.186 e. The highest BCUT2D eigenvalue weighted by Gasteiger charge is 2.15. The third-order valence-corrected chi connectivity index (χ3v) is 1.89. The number of ketones is 1. The van der Waals surface area contributed by atoms with Gasteiger partial charge in [-0.25, -0.2) is 0 Å². The number of fused-ring (bicyclic) bond motifs is 1. The van der Waals surface area contributed by atoms with E-state index in [0.717, 1.165) is 5.56 Å². The van der Waals surface area contributed by atoms with E-state index in [1.807, 2.05) is 6.07 Å². The van der Waals surface area contributed by atoms with Crippen molar-refractivity contribution in [3.63, 3.8) is 0 Å². The predicted octanol–water partition coefficient (Wildman–Crippen LogP) is 1.77. The molecule has 0 amide bonds. The molecule has 0 spiro atoms. The Bertz CT molecular complexity index is 424. The van der Waals surface area contributed by atoms with Crippen molar-refractivity contribution in [2.24, 2.45) is 0 Å². The predicted molar refractivity (Wildman–Crippen MR) is 44.5 cm³/mol. The maximum Gasteiger partial charge on any atom is 0.186 e. The monoisotopic (exact) mass is 155 g/mol. The van der Waals surface area contributed by atoms with Crippen molar-refractivity contribution in [2.75, 3.05) is 0 Å². The van der Waals surface area contributed by atoms with Gasteiger partial charge in [0, 0.05) is 11.1 Å². The van der Waals surface area contributed by atoms with Crippen molar-refractivity contribution in [1.29, 1.82) is 5.26 Å². The third kappa shape index (κ3) is 0.770. The maximum absolute atomic E-state index is 11.1. The lowest BCUT2D eigenvalue weighted by Gasteiger charge is -1.97. The number of benzene rings is 1. The van der Waals surface area contributed by atoms with Gasteiger partial charge in [0.15, 0.2) is 5.78 Å². The summed E-state index contributed by atoms with van der Waals surface area (Å²) in [4.78, 5) is 11.1. The first kappa shape index (κ1) is 6.81. The van der Waals surface area contributed by atoms with Crippen molar-refractivity contribution >= 4 is 11.9 Å². The largest absolute Gasteiger partial charge is 0.289 e. The fourth-order valence-electron chi connectivity index (χ4n) is 1.31. The van der Waals surface area contributed by atoms with Gasteiger partial charge in [0.05, 0.1) is 11.6 Å². The van der Waals surface area contributed by atoms with Crippen molar-refractivity contribution in [3.05, 3.63) is 41.0 Å². The number of nitrogens with zero attached hydrogens (tertiary/aromatic N) is 1. The molecule has 0 unspecified atom stereocenters. The van der Waals surface area contributed by atoms with Gasteiger partial charge in [-0.05, 0) is 18.2 Å². The zero-order valence-electron chi connectivity index (χ0n) is 6.24. The second kappa shape index (κ2) is 2.31. The Hall–Kier alpha value is -1.88. The van der Waals surface area contributed by atoms with Crippen LogP contribution in [0.5, 0.6) is 0 Å². The van der Waals surface area contributed by atoms with Crippen molar-refractivity contribution in [1.82, 2.24) is 0 Å². The van der Waals surface area contributed by atoms with Crippen LogP contribution in [0, 0.1) is 11.3 Å². The molecule has 0 aromatic heterocycles. The summed E-state index contributed by atoms with van der Waals surface area (Å²) in [5.74, 6) is -0.0119. The van der Waals surface area contributed by atoms with Crippen LogP contribution in [0.4, 0.5) is 0 Å². The molecule has 12 heavy (non-hydrogen) atoms. The summed E-state index contributed by atoms with van der Waals surface area (Å²) in [5.41, 5.74) is 1.95. The molecule has 1 aromatic rings. The van der Waals surface area contributed by atoms with Crippen LogP contribution in [-0.4, -0.2) is 5.78 Å². The first-order valence-electron chi connectivity index (χ1n) is 3.58. The van der Waals surface area contributed by atoms with Gasteiger partial charge >= 0.3 is 0 Å². The van der Waals surface area contributed by atoms with E-state index >= 15 is 0 Å². The maximum atomic E-state index is 11.1. The van der Waals surface area contributed by atoms with Crippen LogP contribution in [0.3, 0.4) is 0 Å². The molecule has 2 nitrogen and oxygen atoms in total. The van der Waals surface area contributed by atoms with E-state index in [0.29, 0.717) is 11.1 Å². The van der Waals surface area contributed by atoms with Gasteiger partial charge in [-0.15, -0.1) is 0 Å². The Kier molecular flexibility index (Phi) is 1.31. The van der Waals surface area contributed by atoms with Gasteiger partial charge in [-0.3, -0.25) is 4.79 Å². The molecule has 56 valence electrons. The summed E-state index contributed by atoms with van der Waals surface area (Å²) in [6.45, 7) is 0. The summed E-state index contributed by atoms with van der Waals surface area (Å²) >= 11 is 0. The van der Waals surface area contributed by atoms with Crippen LogP contribution in [0.25, 0.3) is 6.08 Å². The van der Waals surface area contributed by atoms with Crippen LogP contribution in [-0.2, 0) is 0 Å². The summed E-state index contributed by atoms with van der Waals surface area (Å²) in [7, 11) is 0. The first-order valence-corrected chi connectivity index (χ1v) is 3.58. The lowest BCUT2D eigenvalue weighted by molar-refractivity contribution is 0.105. The molecule has 0 heterocycles. The van der Waals surface area contributed by atoms with E-state index in [9.17, 15) is 4.79 Å². The van der Waals surface area contributed by atoms with E-state index in [4.69, 9.17) is 5.26 Å². The van der Waals surface area contributed by atoms with E-state index in [-0.39, 0.29) is 5.78 Å². The minimum absolute atomic E-state index is 0.0119. The van der Waals surface area contributed by atoms with Crippen LogP contribution in [0.15, 0.2) is 24.3 Å². The first-order chi connectivity index (χ1) is 5.83. The van der Waals surface area contributed by atoms with Crippen molar-refractivity contribution < 1.29 is 4.79 Å². The molecule has 0 bridgehead atoms. The second-order valence-corrected chi connectivity index (χ2v) is 2.58. The van der Waals surface area contributed by atoms with Gasteiger partial charge in [-0.2, -0.15) is 5.26 Å². The van der Waals surface area contributed by atoms with Gasteiger partial charge < -0.3 is 0 Å². The third-order valence-electron chi connectivity index (χ3n) is 1.89. The normalized spacial score (nSPS) is 12.8. The molecule has 1 aromatic carbocycles. The fourth-order valence-corrected chi connectivity index (χ4v) is 1.31. The number of carbonyl (C=O) groups excluding carboxylic acids is 1. The molecule has 0 aliphatic heterocycles. The van der Waals surface area contributed by atoms with Crippen LogP contribution in [0.1, 0.15) is 21.5 Å². The zero-order valence-corrected chi connectivity index (χ0v) is 6.24. The number of carbonyl (C=O) groups is 1. The summed E-state index contributed by atoms with van der Waals surface area (Å²) in [6, 6.07) is 7.21. The highest BCUT2D eigenvalue weighted by atomic mass is 16.1. The van der Waals surface area contributed by atoms with Crippen LogP contribution in [0.2, 0.25) is 0 Å². The molecule has 0 fully saturated rings. The number of hydrogen-bond acceptors (Lipinski definition) is 2. The van der Waals surface area contributed by atoms with Crippen LogP contribution >= 0.6 is 0 Å². The average molecular weight is 155 g/mol. The Morgan fingerprint density at radius 2 is 2.08 bits per heavy atom. The van der Waals surface area contributed by atoms with Gasteiger partial charge in [0.25, 0.3) is 0 Å². The van der Waals surface area contributed by atoms with Gasteiger partial charge in [0.1, 0.15) is 0 Å². The Morgan fingerprint density at radius 3 is 2.83 bits per heavy atom. The van der Waals surface area contributed by atoms with Crippen molar-refractivity contribution in [2.45, 2.75) is 0 Å². The summed E-state index contributed by atoms with van der Waals surface area (Å²) < 4.78 is 0.